The van der Waals surface area contributed by atoms with E-state index in [1.807, 2.05) is 20.2 Å². The minimum atomic E-state index is -0.233. The molecular formula is C12H15FN4. The average Bonchev–Trinajstić information content (AvgIpc) is 2.74. The van der Waals surface area contributed by atoms with Crippen molar-refractivity contribution in [3.05, 3.63) is 47.5 Å². The SMILES string of the molecule is CCNC(c1ccc(F)cc1)c1cn(C)nn1. The van der Waals surface area contributed by atoms with Gasteiger partial charge in [0, 0.05) is 7.05 Å². The monoisotopic (exact) mass is 234 g/mol. The van der Waals surface area contributed by atoms with Gasteiger partial charge in [-0.05, 0) is 24.2 Å². The molecule has 0 spiro atoms. The highest BCUT2D eigenvalue weighted by molar-refractivity contribution is 5.26. The summed E-state index contributed by atoms with van der Waals surface area (Å²) >= 11 is 0. The van der Waals surface area contributed by atoms with Gasteiger partial charge < -0.3 is 5.32 Å². The van der Waals surface area contributed by atoms with Crippen LogP contribution in [-0.2, 0) is 7.05 Å². The van der Waals surface area contributed by atoms with Gasteiger partial charge in [0.05, 0.1) is 12.2 Å². The van der Waals surface area contributed by atoms with E-state index in [9.17, 15) is 4.39 Å². The van der Waals surface area contributed by atoms with Gasteiger partial charge in [0.2, 0.25) is 0 Å². The van der Waals surface area contributed by atoms with Crippen LogP contribution in [0.5, 0.6) is 0 Å². The molecule has 0 aliphatic heterocycles. The van der Waals surface area contributed by atoms with Gasteiger partial charge in [-0.1, -0.05) is 24.3 Å². The number of benzene rings is 1. The number of nitrogens with zero attached hydrogens (tertiary/aromatic N) is 3. The molecule has 0 aliphatic carbocycles. The second-order valence-corrected chi connectivity index (χ2v) is 3.86. The molecule has 0 saturated heterocycles. The maximum atomic E-state index is 12.9. The first-order chi connectivity index (χ1) is 8.20. The minimum Gasteiger partial charge on any atom is -0.305 e. The van der Waals surface area contributed by atoms with Gasteiger partial charge in [-0.3, -0.25) is 4.68 Å². The summed E-state index contributed by atoms with van der Waals surface area (Å²) in [6, 6.07) is 6.38. The van der Waals surface area contributed by atoms with Crippen molar-refractivity contribution in [1.82, 2.24) is 20.3 Å². The normalized spacial score (nSPS) is 12.6. The van der Waals surface area contributed by atoms with E-state index in [0.717, 1.165) is 17.8 Å². The predicted molar refractivity (Wildman–Crippen MR) is 62.9 cm³/mol. The summed E-state index contributed by atoms with van der Waals surface area (Å²) in [5, 5.41) is 11.3. The molecule has 1 unspecified atom stereocenters. The molecule has 1 heterocycles. The smallest absolute Gasteiger partial charge is 0.123 e. The maximum absolute atomic E-state index is 12.9. The molecule has 2 rings (SSSR count). The fourth-order valence-corrected chi connectivity index (χ4v) is 1.75. The number of nitrogens with one attached hydrogen (secondary N) is 1. The van der Waals surface area contributed by atoms with Crippen molar-refractivity contribution in [3.8, 4) is 0 Å². The first-order valence-electron chi connectivity index (χ1n) is 5.55. The molecule has 0 bridgehead atoms. The Labute approximate surface area is 99.5 Å². The zero-order valence-corrected chi connectivity index (χ0v) is 9.89. The first kappa shape index (κ1) is 11.7. The third kappa shape index (κ3) is 2.68. The summed E-state index contributed by atoms with van der Waals surface area (Å²) in [4.78, 5) is 0. The fraction of sp³-hybridized carbons (Fsp3) is 0.333. The number of aryl methyl sites for hydroxylation is 1. The van der Waals surface area contributed by atoms with E-state index in [-0.39, 0.29) is 11.9 Å². The number of aromatic nitrogens is 3. The Morgan fingerprint density at radius 1 is 1.35 bits per heavy atom. The van der Waals surface area contributed by atoms with Crippen molar-refractivity contribution in [2.75, 3.05) is 6.54 Å². The van der Waals surface area contributed by atoms with Crippen molar-refractivity contribution < 1.29 is 4.39 Å². The van der Waals surface area contributed by atoms with Crippen LogP contribution < -0.4 is 5.32 Å². The van der Waals surface area contributed by atoms with Crippen molar-refractivity contribution >= 4 is 0 Å². The van der Waals surface area contributed by atoms with Crippen LogP contribution in [-0.4, -0.2) is 21.5 Å². The Hall–Kier alpha value is -1.75. The van der Waals surface area contributed by atoms with E-state index in [2.05, 4.69) is 15.6 Å². The lowest BCUT2D eigenvalue weighted by Gasteiger charge is -2.15. The third-order valence-corrected chi connectivity index (χ3v) is 2.53. The molecule has 0 aliphatic rings. The molecule has 0 amide bonds. The lowest BCUT2D eigenvalue weighted by Crippen LogP contribution is -2.22. The molecule has 0 fully saturated rings. The van der Waals surface area contributed by atoms with Crippen molar-refractivity contribution in [2.45, 2.75) is 13.0 Å². The average molecular weight is 234 g/mol. The Morgan fingerprint density at radius 3 is 2.59 bits per heavy atom. The summed E-state index contributed by atoms with van der Waals surface area (Å²) in [5.74, 6) is -0.233. The van der Waals surface area contributed by atoms with Gasteiger partial charge in [0.15, 0.2) is 0 Å². The highest BCUT2D eigenvalue weighted by Crippen LogP contribution is 2.19. The summed E-state index contributed by atoms with van der Waals surface area (Å²) in [7, 11) is 1.82. The molecule has 2 aromatic rings. The van der Waals surface area contributed by atoms with E-state index < -0.39 is 0 Å². The summed E-state index contributed by atoms with van der Waals surface area (Å²) < 4.78 is 14.5. The zero-order valence-electron chi connectivity index (χ0n) is 9.89. The zero-order chi connectivity index (χ0) is 12.3. The van der Waals surface area contributed by atoms with Crippen molar-refractivity contribution in [2.24, 2.45) is 7.05 Å². The van der Waals surface area contributed by atoms with Gasteiger partial charge >= 0.3 is 0 Å². The molecule has 90 valence electrons. The Bertz CT molecular complexity index is 478. The third-order valence-electron chi connectivity index (χ3n) is 2.53. The lowest BCUT2D eigenvalue weighted by atomic mass is 10.0. The molecule has 1 aromatic heterocycles. The number of hydrogen-bond donors (Lipinski definition) is 1. The number of halogens is 1. The van der Waals surface area contributed by atoms with Crippen LogP contribution >= 0.6 is 0 Å². The van der Waals surface area contributed by atoms with Gasteiger partial charge in [-0.2, -0.15) is 0 Å². The summed E-state index contributed by atoms with van der Waals surface area (Å²) in [6.45, 7) is 2.82. The van der Waals surface area contributed by atoms with Crippen molar-refractivity contribution in [3.63, 3.8) is 0 Å². The van der Waals surface area contributed by atoms with Gasteiger partial charge in [-0.15, -0.1) is 5.10 Å². The largest absolute Gasteiger partial charge is 0.305 e. The highest BCUT2D eigenvalue weighted by atomic mass is 19.1. The van der Waals surface area contributed by atoms with E-state index >= 15 is 0 Å². The fourth-order valence-electron chi connectivity index (χ4n) is 1.75. The van der Waals surface area contributed by atoms with Gasteiger partial charge in [0.1, 0.15) is 11.5 Å². The Morgan fingerprint density at radius 2 is 2.06 bits per heavy atom. The number of rotatable bonds is 4. The van der Waals surface area contributed by atoms with Crippen LogP contribution in [0.1, 0.15) is 24.2 Å². The quantitative estimate of drug-likeness (QED) is 0.874. The van der Waals surface area contributed by atoms with Crippen LogP contribution in [0.15, 0.2) is 30.5 Å². The second-order valence-electron chi connectivity index (χ2n) is 3.86. The molecule has 1 N–H and O–H groups in total. The van der Waals surface area contributed by atoms with Crippen LogP contribution in [0.2, 0.25) is 0 Å². The molecule has 0 saturated carbocycles. The molecule has 1 atom stereocenters. The first-order valence-corrected chi connectivity index (χ1v) is 5.55. The highest BCUT2D eigenvalue weighted by Gasteiger charge is 2.16. The van der Waals surface area contributed by atoms with E-state index in [0.29, 0.717) is 0 Å². The predicted octanol–water partition coefficient (Wildman–Crippen LogP) is 1.65. The molecule has 0 radical (unpaired) electrons. The van der Waals surface area contributed by atoms with Gasteiger partial charge in [-0.25, -0.2) is 4.39 Å². The van der Waals surface area contributed by atoms with Crippen LogP contribution in [0.3, 0.4) is 0 Å². The second kappa shape index (κ2) is 5.05. The van der Waals surface area contributed by atoms with Gasteiger partial charge in [0.25, 0.3) is 0 Å². The lowest BCUT2D eigenvalue weighted by molar-refractivity contribution is 0.603. The molecule has 4 nitrogen and oxygen atoms in total. The molecular weight excluding hydrogens is 219 g/mol. The molecule has 1 aromatic carbocycles. The van der Waals surface area contributed by atoms with Crippen LogP contribution in [0.25, 0.3) is 0 Å². The van der Waals surface area contributed by atoms with Crippen LogP contribution in [0.4, 0.5) is 4.39 Å². The topological polar surface area (TPSA) is 42.7 Å². The van der Waals surface area contributed by atoms with Crippen molar-refractivity contribution in [1.29, 1.82) is 0 Å². The summed E-state index contributed by atoms with van der Waals surface area (Å²) in [6.07, 6.45) is 1.86. The molecule has 17 heavy (non-hydrogen) atoms. The van der Waals surface area contributed by atoms with Crippen LogP contribution in [0, 0.1) is 5.82 Å². The van der Waals surface area contributed by atoms with E-state index in [1.54, 1.807) is 16.8 Å². The maximum Gasteiger partial charge on any atom is 0.123 e. The standard InChI is InChI=1S/C12H15FN4/c1-3-14-12(11-8-17(2)16-15-11)9-4-6-10(13)7-5-9/h4-8,12,14H,3H2,1-2H3. The van der Waals surface area contributed by atoms with E-state index in [1.165, 1.54) is 12.1 Å². The van der Waals surface area contributed by atoms with E-state index in [4.69, 9.17) is 0 Å². The number of hydrogen-bond acceptors (Lipinski definition) is 3. The summed E-state index contributed by atoms with van der Waals surface area (Å²) in [5.41, 5.74) is 1.81. The molecule has 5 heteroatoms. The Kier molecular flexibility index (Phi) is 3.49. The minimum absolute atomic E-state index is 0.0469. The Balaban J connectivity index is 2.31.